The second-order valence-electron chi connectivity index (χ2n) is 2.89. The van der Waals surface area contributed by atoms with Gasteiger partial charge < -0.3 is 5.73 Å². The van der Waals surface area contributed by atoms with Crippen molar-refractivity contribution in [3.05, 3.63) is 0 Å². The van der Waals surface area contributed by atoms with Crippen LogP contribution in [0, 0.1) is 11.8 Å². The van der Waals surface area contributed by atoms with Crippen molar-refractivity contribution in [2.45, 2.75) is 20.3 Å². The fourth-order valence-corrected chi connectivity index (χ4v) is 1.42. The first kappa shape index (κ1) is 9.44. The van der Waals surface area contributed by atoms with E-state index < -0.39 is 0 Å². The Morgan fingerprint density at radius 1 is 1.44 bits per heavy atom. The molecule has 56 valence electrons. The predicted octanol–water partition coefficient (Wildman–Crippen LogP) is 2.00. The number of rotatable bonds is 4. The van der Waals surface area contributed by atoms with Crippen LogP contribution in [-0.2, 0) is 0 Å². The predicted molar refractivity (Wildman–Crippen MR) is 45.8 cm³/mol. The van der Waals surface area contributed by atoms with Gasteiger partial charge in [-0.15, -0.1) is 0 Å². The molecule has 0 heterocycles. The molecule has 0 fully saturated rings. The summed E-state index contributed by atoms with van der Waals surface area (Å²) >= 11 is 3.42. The molecule has 0 aromatic heterocycles. The molecule has 0 aliphatic carbocycles. The monoisotopic (exact) mass is 193 g/mol. The summed E-state index contributed by atoms with van der Waals surface area (Å²) in [5.41, 5.74) is 5.50. The lowest BCUT2D eigenvalue weighted by Gasteiger charge is -2.12. The van der Waals surface area contributed by atoms with Crippen LogP contribution in [0.25, 0.3) is 0 Å². The van der Waals surface area contributed by atoms with Crippen molar-refractivity contribution >= 4 is 15.9 Å². The Morgan fingerprint density at radius 2 is 2.00 bits per heavy atom. The number of hydrogen-bond donors (Lipinski definition) is 1. The Labute approximate surface area is 66.1 Å². The SMILES string of the molecule is CC(C)CC(CN)CBr. The molecule has 0 radical (unpaired) electrons. The third-order valence-electron chi connectivity index (χ3n) is 1.36. The Morgan fingerprint density at radius 3 is 2.11 bits per heavy atom. The summed E-state index contributed by atoms with van der Waals surface area (Å²) < 4.78 is 0. The Kier molecular flexibility index (Phi) is 5.50. The van der Waals surface area contributed by atoms with E-state index in [2.05, 4.69) is 29.8 Å². The number of halogens is 1. The van der Waals surface area contributed by atoms with Crippen LogP contribution < -0.4 is 5.73 Å². The smallest absolute Gasteiger partial charge is 0.00718 e. The molecule has 9 heavy (non-hydrogen) atoms. The normalized spacial score (nSPS) is 14.3. The van der Waals surface area contributed by atoms with Gasteiger partial charge in [-0.1, -0.05) is 29.8 Å². The highest BCUT2D eigenvalue weighted by molar-refractivity contribution is 9.09. The zero-order chi connectivity index (χ0) is 7.28. The third kappa shape index (κ3) is 4.91. The average Bonchev–Trinajstić information content (AvgIpc) is 1.82. The lowest BCUT2D eigenvalue weighted by atomic mass is 9.99. The topological polar surface area (TPSA) is 26.0 Å². The van der Waals surface area contributed by atoms with Gasteiger partial charge in [0.2, 0.25) is 0 Å². The first-order valence-electron chi connectivity index (χ1n) is 3.46. The van der Waals surface area contributed by atoms with E-state index in [1.54, 1.807) is 0 Å². The van der Waals surface area contributed by atoms with E-state index in [1.165, 1.54) is 6.42 Å². The van der Waals surface area contributed by atoms with Crippen molar-refractivity contribution in [2.75, 3.05) is 11.9 Å². The number of alkyl halides is 1. The maximum Gasteiger partial charge on any atom is 0.00718 e. The van der Waals surface area contributed by atoms with Crippen LogP contribution in [0.5, 0.6) is 0 Å². The molecule has 2 N–H and O–H groups in total. The van der Waals surface area contributed by atoms with E-state index >= 15 is 0 Å². The maximum absolute atomic E-state index is 5.50. The first-order valence-corrected chi connectivity index (χ1v) is 4.58. The summed E-state index contributed by atoms with van der Waals surface area (Å²) in [6, 6.07) is 0. The molecular weight excluding hydrogens is 178 g/mol. The van der Waals surface area contributed by atoms with Crippen molar-refractivity contribution in [2.24, 2.45) is 17.6 Å². The molecule has 0 saturated carbocycles. The zero-order valence-corrected chi connectivity index (χ0v) is 7.82. The van der Waals surface area contributed by atoms with Crippen molar-refractivity contribution in [3.8, 4) is 0 Å². The van der Waals surface area contributed by atoms with Crippen LogP contribution in [0.1, 0.15) is 20.3 Å². The van der Waals surface area contributed by atoms with Crippen LogP contribution in [-0.4, -0.2) is 11.9 Å². The van der Waals surface area contributed by atoms with E-state index in [4.69, 9.17) is 5.73 Å². The van der Waals surface area contributed by atoms with Crippen molar-refractivity contribution in [3.63, 3.8) is 0 Å². The van der Waals surface area contributed by atoms with Crippen LogP contribution in [0.2, 0.25) is 0 Å². The lowest BCUT2D eigenvalue weighted by molar-refractivity contribution is 0.454. The highest BCUT2D eigenvalue weighted by Gasteiger charge is 2.05. The van der Waals surface area contributed by atoms with Gasteiger partial charge in [0.15, 0.2) is 0 Å². The van der Waals surface area contributed by atoms with Crippen LogP contribution in [0.3, 0.4) is 0 Å². The van der Waals surface area contributed by atoms with E-state index in [9.17, 15) is 0 Å². The molecule has 1 unspecified atom stereocenters. The Hall–Kier alpha value is 0.440. The molecule has 1 atom stereocenters. The van der Waals surface area contributed by atoms with Crippen LogP contribution in [0.4, 0.5) is 0 Å². The van der Waals surface area contributed by atoms with Gasteiger partial charge in [0.1, 0.15) is 0 Å². The van der Waals surface area contributed by atoms with Gasteiger partial charge in [0, 0.05) is 5.33 Å². The summed E-state index contributed by atoms with van der Waals surface area (Å²) in [5, 5.41) is 1.04. The maximum atomic E-state index is 5.50. The van der Waals surface area contributed by atoms with E-state index in [1.807, 2.05) is 0 Å². The fourth-order valence-electron chi connectivity index (χ4n) is 0.889. The summed E-state index contributed by atoms with van der Waals surface area (Å²) in [5.74, 6) is 1.45. The summed E-state index contributed by atoms with van der Waals surface area (Å²) in [7, 11) is 0. The van der Waals surface area contributed by atoms with Crippen molar-refractivity contribution in [1.29, 1.82) is 0 Å². The van der Waals surface area contributed by atoms with Gasteiger partial charge in [-0.05, 0) is 24.8 Å². The Balaban J connectivity index is 3.31. The fraction of sp³-hybridized carbons (Fsp3) is 1.00. The minimum atomic E-state index is 0.671. The molecule has 0 spiro atoms. The molecule has 0 aromatic rings. The first-order chi connectivity index (χ1) is 4.20. The quantitative estimate of drug-likeness (QED) is 0.680. The summed E-state index contributed by atoms with van der Waals surface area (Å²) in [6.45, 7) is 5.26. The van der Waals surface area contributed by atoms with Gasteiger partial charge in [-0.3, -0.25) is 0 Å². The molecule has 0 saturated heterocycles. The minimum Gasteiger partial charge on any atom is -0.330 e. The van der Waals surface area contributed by atoms with Crippen molar-refractivity contribution < 1.29 is 0 Å². The number of hydrogen-bond acceptors (Lipinski definition) is 1. The third-order valence-corrected chi connectivity index (χ3v) is 2.27. The Bertz CT molecular complexity index is 59.9. The number of nitrogens with two attached hydrogens (primary N) is 1. The highest BCUT2D eigenvalue weighted by Crippen LogP contribution is 2.11. The summed E-state index contributed by atoms with van der Waals surface area (Å²) in [4.78, 5) is 0. The van der Waals surface area contributed by atoms with Gasteiger partial charge in [0.05, 0.1) is 0 Å². The molecule has 0 aromatic carbocycles. The second kappa shape index (κ2) is 5.24. The molecule has 0 rings (SSSR count). The molecule has 0 amide bonds. The van der Waals surface area contributed by atoms with E-state index in [-0.39, 0.29) is 0 Å². The van der Waals surface area contributed by atoms with Crippen molar-refractivity contribution in [1.82, 2.24) is 0 Å². The van der Waals surface area contributed by atoms with Gasteiger partial charge in [-0.2, -0.15) is 0 Å². The van der Waals surface area contributed by atoms with E-state index in [0.717, 1.165) is 17.8 Å². The largest absolute Gasteiger partial charge is 0.330 e. The van der Waals surface area contributed by atoms with Gasteiger partial charge >= 0.3 is 0 Å². The van der Waals surface area contributed by atoms with E-state index in [0.29, 0.717) is 5.92 Å². The summed E-state index contributed by atoms with van der Waals surface area (Å²) in [6.07, 6.45) is 1.24. The minimum absolute atomic E-state index is 0.671. The second-order valence-corrected chi connectivity index (χ2v) is 3.53. The van der Waals surface area contributed by atoms with Crippen LogP contribution in [0.15, 0.2) is 0 Å². The highest BCUT2D eigenvalue weighted by atomic mass is 79.9. The zero-order valence-electron chi connectivity index (χ0n) is 6.23. The van der Waals surface area contributed by atoms with Crippen LogP contribution >= 0.6 is 15.9 Å². The van der Waals surface area contributed by atoms with Gasteiger partial charge in [0.25, 0.3) is 0 Å². The lowest BCUT2D eigenvalue weighted by Crippen LogP contribution is -2.17. The molecular formula is C7H16BrN. The standard InChI is InChI=1S/C7H16BrN/c1-6(2)3-7(4-8)5-9/h6-7H,3-5,9H2,1-2H3. The molecule has 1 nitrogen and oxygen atoms in total. The molecule has 0 aliphatic rings. The molecule has 0 aliphatic heterocycles. The average molecular weight is 194 g/mol. The van der Waals surface area contributed by atoms with Gasteiger partial charge in [-0.25, -0.2) is 0 Å². The molecule has 2 heteroatoms. The molecule has 0 bridgehead atoms.